The molecule has 1 N–H and O–H groups in total. The lowest BCUT2D eigenvalue weighted by atomic mass is 10.1. The van der Waals surface area contributed by atoms with Crippen molar-refractivity contribution < 1.29 is 14.6 Å². The molecule has 0 atom stereocenters. The van der Waals surface area contributed by atoms with Crippen molar-refractivity contribution in [2.45, 2.75) is 84.6 Å². The normalized spacial score (nSPS) is 11.1. The number of aryl methyl sites for hydroxylation is 1. The van der Waals surface area contributed by atoms with Crippen LogP contribution in [0.4, 0.5) is 0 Å². The summed E-state index contributed by atoms with van der Waals surface area (Å²) >= 11 is 0. The van der Waals surface area contributed by atoms with Gasteiger partial charge >= 0.3 is 0 Å². The summed E-state index contributed by atoms with van der Waals surface area (Å²) in [6, 6.07) is 5.53. The van der Waals surface area contributed by atoms with Crippen LogP contribution in [0.15, 0.2) is 23.0 Å². The van der Waals surface area contributed by atoms with Gasteiger partial charge in [-0.15, -0.1) is 0 Å². The minimum absolute atomic E-state index is 0.0108. The molecular weight excluding hydrogens is 366 g/mol. The number of hydrogen-bond acceptors (Lipinski definition) is 4. The van der Waals surface area contributed by atoms with E-state index < -0.39 is 0 Å². The average molecular weight is 404 g/mol. The molecule has 0 radical (unpaired) electrons. The van der Waals surface area contributed by atoms with E-state index in [1.807, 2.05) is 18.2 Å². The Morgan fingerprint density at radius 1 is 0.931 bits per heavy atom. The van der Waals surface area contributed by atoms with Gasteiger partial charge in [-0.3, -0.25) is 4.79 Å². The van der Waals surface area contributed by atoms with Gasteiger partial charge in [-0.05, 0) is 25.0 Å². The third-order valence-electron chi connectivity index (χ3n) is 5.38. The fraction of sp³-hybridized carbons (Fsp3) is 0.625. The maximum absolute atomic E-state index is 12.9. The molecule has 0 aliphatic heterocycles. The molecule has 0 fully saturated rings. The predicted octanol–water partition coefficient (Wildman–Crippen LogP) is 6.04. The summed E-state index contributed by atoms with van der Waals surface area (Å²) in [6.45, 7) is 5.67. The molecular formula is C24H37NO4. The number of benzene rings is 1. The Morgan fingerprint density at radius 3 is 2.28 bits per heavy atom. The Kier molecular flexibility index (Phi) is 9.89. The van der Waals surface area contributed by atoms with E-state index in [1.54, 1.807) is 4.57 Å². The second kappa shape index (κ2) is 12.4. The van der Waals surface area contributed by atoms with Crippen LogP contribution < -0.4 is 15.0 Å². The standard InChI is InChI=1S/C24H37NO4/c1-4-6-8-10-11-12-16-25-21-18-19(29-17-13-9-7-5-2)14-15-20(21)22(26)23(28-3)24(25)27/h14-15,18,26H,4-13,16-17H2,1-3H3. The van der Waals surface area contributed by atoms with Gasteiger partial charge in [0, 0.05) is 18.0 Å². The number of methoxy groups -OCH3 is 1. The highest BCUT2D eigenvalue weighted by Crippen LogP contribution is 2.33. The summed E-state index contributed by atoms with van der Waals surface area (Å²) in [5.41, 5.74) is 0.416. The summed E-state index contributed by atoms with van der Waals surface area (Å²) in [6.07, 6.45) is 11.5. The van der Waals surface area contributed by atoms with E-state index in [2.05, 4.69) is 13.8 Å². The van der Waals surface area contributed by atoms with Crippen LogP contribution in [0.25, 0.3) is 10.9 Å². The molecule has 29 heavy (non-hydrogen) atoms. The van der Waals surface area contributed by atoms with Gasteiger partial charge in [0.15, 0.2) is 5.75 Å². The fourth-order valence-electron chi connectivity index (χ4n) is 3.66. The molecule has 2 rings (SSSR count). The van der Waals surface area contributed by atoms with Crippen LogP contribution in [0.3, 0.4) is 0 Å². The summed E-state index contributed by atoms with van der Waals surface area (Å²) in [5, 5.41) is 11.1. The van der Waals surface area contributed by atoms with Crippen LogP contribution in [-0.4, -0.2) is 23.4 Å². The number of ether oxygens (including phenoxy) is 2. The second-order valence-corrected chi connectivity index (χ2v) is 7.69. The summed E-state index contributed by atoms with van der Waals surface area (Å²) in [5.74, 6) is 0.646. The number of aromatic nitrogens is 1. The lowest BCUT2D eigenvalue weighted by molar-refractivity contribution is 0.305. The van der Waals surface area contributed by atoms with E-state index in [1.165, 1.54) is 45.6 Å². The number of unbranched alkanes of at least 4 members (excludes halogenated alkanes) is 8. The van der Waals surface area contributed by atoms with Crippen LogP contribution in [0.2, 0.25) is 0 Å². The zero-order chi connectivity index (χ0) is 21.1. The lowest BCUT2D eigenvalue weighted by Crippen LogP contribution is -2.22. The third kappa shape index (κ3) is 6.41. The first-order valence-electron chi connectivity index (χ1n) is 11.2. The molecule has 0 spiro atoms. The van der Waals surface area contributed by atoms with Crippen molar-refractivity contribution in [1.29, 1.82) is 0 Å². The fourth-order valence-corrected chi connectivity index (χ4v) is 3.66. The van der Waals surface area contributed by atoms with E-state index >= 15 is 0 Å². The van der Waals surface area contributed by atoms with Gasteiger partial charge < -0.3 is 19.1 Å². The highest BCUT2D eigenvalue weighted by Gasteiger charge is 2.17. The average Bonchev–Trinajstić information content (AvgIpc) is 2.72. The molecule has 1 aromatic heterocycles. The number of pyridine rings is 1. The number of aromatic hydroxyl groups is 1. The Bertz CT molecular complexity index is 813. The molecule has 0 bridgehead atoms. The molecule has 5 heteroatoms. The van der Waals surface area contributed by atoms with Gasteiger partial charge in [-0.1, -0.05) is 65.2 Å². The SMILES string of the molecule is CCCCCCCCn1c(=O)c(OC)c(O)c2ccc(OCCCCCC)cc21. The first-order chi connectivity index (χ1) is 14.1. The van der Waals surface area contributed by atoms with E-state index in [0.717, 1.165) is 31.4 Å². The largest absolute Gasteiger partial charge is 0.504 e. The summed E-state index contributed by atoms with van der Waals surface area (Å²) < 4.78 is 12.8. The summed E-state index contributed by atoms with van der Waals surface area (Å²) in [7, 11) is 1.42. The molecule has 0 saturated heterocycles. The quantitative estimate of drug-likeness (QED) is 0.391. The van der Waals surface area contributed by atoms with Crippen molar-refractivity contribution >= 4 is 10.9 Å². The first kappa shape index (κ1) is 23.1. The first-order valence-corrected chi connectivity index (χ1v) is 11.2. The Labute approximate surface area is 174 Å². The number of hydrogen-bond donors (Lipinski definition) is 1. The van der Waals surface area contributed by atoms with E-state index in [-0.39, 0.29) is 17.1 Å². The Hall–Kier alpha value is -2.17. The van der Waals surface area contributed by atoms with Crippen molar-refractivity contribution in [2.75, 3.05) is 13.7 Å². The van der Waals surface area contributed by atoms with Gasteiger partial charge in [0.1, 0.15) is 5.75 Å². The maximum atomic E-state index is 12.9. The smallest absolute Gasteiger partial charge is 0.297 e. The van der Waals surface area contributed by atoms with Gasteiger partial charge in [0.2, 0.25) is 5.75 Å². The van der Waals surface area contributed by atoms with Crippen LogP contribution >= 0.6 is 0 Å². The lowest BCUT2D eigenvalue weighted by Gasteiger charge is -2.15. The zero-order valence-electron chi connectivity index (χ0n) is 18.3. The van der Waals surface area contributed by atoms with E-state index in [9.17, 15) is 9.90 Å². The number of nitrogens with zero attached hydrogens (tertiary/aromatic N) is 1. The summed E-state index contributed by atoms with van der Waals surface area (Å²) in [4.78, 5) is 12.9. The highest BCUT2D eigenvalue weighted by atomic mass is 16.5. The second-order valence-electron chi connectivity index (χ2n) is 7.69. The van der Waals surface area contributed by atoms with E-state index in [4.69, 9.17) is 9.47 Å². The maximum Gasteiger partial charge on any atom is 0.297 e. The van der Waals surface area contributed by atoms with Crippen molar-refractivity contribution in [3.05, 3.63) is 28.6 Å². The number of rotatable bonds is 14. The zero-order valence-corrected chi connectivity index (χ0v) is 18.3. The molecule has 1 aromatic carbocycles. The molecule has 0 aliphatic carbocycles. The molecule has 0 unspecified atom stereocenters. The van der Waals surface area contributed by atoms with Crippen LogP contribution in [-0.2, 0) is 6.54 Å². The van der Waals surface area contributed by atoms with Crippen molar-refractivity contribution in [1.82, 2.24) is 4.57 Å². The van der Waals surface area contributed by atoms with Crippen molar-refractivity contribution in [3.63, 3.8) is 0 Å². The number of fused-ring (bicyclic) bond motifs is 1. The van der Waals surface area contributed by atoms with Crippen LogP contribution in [0.5, 0.6) is 17.2 Å². The molecule has 2 aromatic rings. The third-order valence-corrected chi connectivity index (χ3v) is 5.38. The molecule has 0 aliphatic rings. The van der Waals surface area contributed by atoms with Crippen molar-refractivity contribution in [2.24, 2.45) is 0 Å². The molecule has 5 nitrogen and oxygen atoms in total. The minimum atomic E-state index is -0.286. The molecule has 1 heterocycles. The van der Waals surface area contributed by atoms with Crippen LogP contribution in [0, 0.1) is 0 Å². The Balaban J connectivity index is 2.21. The van der Waals surface area contributed by atoms with E-state index in [0.29, 0.717) is 24.1 Å². The molecule has 162 valence electrons. The molecule has 0 amide bonds. The monoisotopic (exact) mass is 403 g/mol. The van der Waals surface area contributed by atoms with Gasteiger partial charge in [0.25, 0.3) is 5.56 Å². The van der Waals surface area contributed by atoms with Crippen LogP contribution in [0.1, 0.15) is 78.1 Å². The molecule has 0 saturated carbocycles. The highest BCUT2D eigenvalue weighted by molar-refractivity contribution is 5.88. The van der Waals surface area contributed by atoms with Crippen molar-refractivity contribution in [3.8, 4) is 17.2 Å². The Morgan fingerprint density at radius 2 is 1.59 bits per heavy atom. The van der Waals surface area contributed by atoms with Gasteiger partial charge in [-0.2, -0.15) is 0 Å². The van der Waals surface area contributed by atoms with Gasteiger partial charge in [0.05, 0.1) is 19.2 Å². The van der Waals surface area contributed by atoms with Gasteiger partial charge in [-0.25, -0.2) is 0 Å². The predicted molar refractivity (Wildman–Crippen MR) is 119 cm³/mol. The topological polar surface area (TPSA) is 60.7 Å². The minimum Gasteiger partial charge on any atom is -0.504 e.